The molecular weight excluding hydrogens is 522 g/mol. The maximum Gasteiger partial charge on any atom is 0.341 e. The highest BCUT2D eigenvalue weighted by molar-refractivity contribution is 6.19. The number of nitrogens with zero attached hydrogens (tertiary/aromatic N) is 1. The van der Waals surface area contributed by atoms with Crippen molar-refractivity contribution < 1.29 is 34.1 Å². The van der Waals surface area contributed by atoms with Crippen LogP contribution in [0.5, 0.6) is 11.5 Å². The van der Waals surface area contributed by atoms with Gasteiger partial charge in [-0.1, -0.05) is 61.2 Å². The van der Waals surface area contributed by atoms with Crippen LogP contribution in [0.1, 0.15) is 41.0 Å². The third-order valence-electron chi connectivity index (χ3n) is 9.45. The molecule has 0 radical (unpaired) electrons. The SMILES string of the molecule is C=C(C(=O)N1C[C@H]2[C@@]3(c4ccc(OCC(=O)O)cc4)CC[C@H](c4ccccc43)[C@@]2(C(=O)O)C1)c1ccccc1OC. The number of rotatable bonds is 8. The number of likely N-dealkylation sites (tertiary alicyclic amines) is 1. The number of fused-ring (bicyclic) bond motifs is 1. The average Bonchev–Trinajstić information content (AvgIpc) is 3.44. The molecule has 1 saturated carbocycles. The lowest BCUT2D eigenvalue weighted by atomic mass is 9.42. The van der Waals surface area contributed by atoms with Crippen molar-refractivity contribution in [1.82, 2.24) is 4.90 Å². The van der Waals surface area contributed by atoms with Gasteiger partial charge < -0.3 is 24.6 Å². The molecule has 2 N–H and O–H groups in total. The molecule has 0 aromatic heterocycles. The van der Waals surface area contributed by atoms with Gasteiger partial charge >= 0.3 is 11.9 Å². The molecule has 3 aromatic carbocycles. The summed E-state index contributed by atoms with van der Waals surface area (Å²) in [5.74, 6) is -1.94. The number of hydrogen-bond donors (Lipinski definition) is 2. The van der Waals surface area contributed by atoms with Gasteiger partial charge in [-0.15, -0.1) is 0 Å². The van der Waals surface area contributed by atoms with Gasteiger partial charge in [0.05, 0.1) is 12.5 Å². The Morgan fingerprint density at radius 2 is 1.71 bits per heavy atom. The van der Waals surface area contributed by atoms with Gasteiger partial charge in [-0.3, -0.25) is 9.59 Å². The number of hydrogen-bond acceptors (Lipinski definition) is 5. The van der Waals surface area contributed by atoms with E-state index in [9.17, 15) is 19.5 Å². The maximum atomic E-state index is 14.0. The molecule has 1 heterocycles. The summed E-state index contributed by atoms with van der Waals surface area (Å²) in [5, 5.41) is 20.0. The minimum atomic E-state index is -1.18. The predicted molar refractivity (Wildman–Crippen MR) is 151 cm³/mol. The molecule has 8 heteroatoms. The molecule has 4 aliphatic rings. The van der Waals surface area contributed by atoms with E-state index in [0.717, 1.165) is 23.1 Å². The van der Waals surface area contributed by atoms with Crippen molar-refractivity contribution in [3.05, 3.63) is 102 Å². The molecule has 1 aliphatic heterocycles. The Labute approximate surface area is 237 Å². The third kappa shape index (κ3) is 3.84. The molecular formula is C33H31NO7. The van der Waals surface area contributed by atoms with Crippen LogP contribution in [-0.2, 0) is 19.8 Å². The first kappa shape index (κ1) is 26.6. The minimum Gasteiger partial charge on any atom is -0.496 e. The number of ether oxygens (including phenoxy) is 2. The Hall–Kier alpha value is -4.59. The lowest BCUT2D eigenvalue weighted by Gasteiger charge is -2.59. The Morgan fingerprint density at radius 1 is 1.00 bits per heavy atom. The number of methoxy groups -OCH3 is 1. The van der Waals surface area contributed by atoms with Crippen LogP contribution in [0.3, 0.4) is 0 Å². The quantitative estimate of drug-likeness (QED) is 0.393. The summed E-state index contributed by atoms with van der Waals surface area (Å²) in [5.41, 5.74) is 2.05. The van der Waals surface area contributed by atoms with Crippen molar-refractivity contribution in [3.63, 3.8) is 0 Å². The predicted octanol–water partition coefficient (Wildman–Crippen LogP) is 4.58. The van der Waals surface area contributed by atoms with Crippen molar-refractivity contribution in [3.8, 4) is 11.5 Å². The largest absolute Gasteiger partial charge is 0.496 e. The fraction of sp³-hybridized carbons (Fsp3) is 0.303. The summed E-state index contributed by atoms with van der Waals surface area (Å²) in [7, 11) is 1.54. The smallest absolute Gasteiger partial charge is 0.341 e. The van der Waals surface area contributed by atoms with E-state index in [-0.39, 0.29) is 36.4 Å². The average molecular weight is 554 g/mol. The molecule has 3 aromatic rings. The normalized spacial score (nSPS) is 25.6. The Balaban J connectivity index is 1.45. The van der Waals surface area contributed by atoms with Gasteiger partial charge in [0.1, 0.15) is 11.5 Å². The third-order valence-corrected chi connectivity index (χ3v) is 9.45. The Bertz CT molecular complexity index is 1560. The van der Waals surface area contributed by atoms with Crippen LogP contribution in [-0.4, -0.2) is 59.8 Å². The summed E-state index contributed by atoms with van der Waals surface area (Å²) in [4.78, 5) is 40.0. The summed E-state index contributed by atoms with van der Waals surface area (Å²) >= 11 is 0. The van der Waals surface area contributed by atoms with Crippen LogP contribution in [0.4, 0.5) is 0 Å². The van der Waals surface area contributed by atoms with Gasteiger partial charge in [-0.25, -0.2) is 4.79 Å². The molecule has 2 bridgehead atoms. The zero-order valence-corrected chi connectivity index (χ0v) is 22.7. The number of carbonyl (C=O) groups is 3. The second-order valence-corrected chi connectivity index (χ2v) is 11.1. The van der Waals surface area contributed by atoms with Gasteiger partial charge in [0.2, 0.25) is 0 Å². The second kappa shape index (κ2) is 9.80. The number of carbonyl (C=O) groups excluding carboxylic acids is 1. The Morgan fingerprint density at radius 3 is 2.41 bits per heavy atom. The van der Waals surface area contributed by atoms with E-state index < -0.39 is 29.4 Å². The lowest BCUT2D eigenvalue weighted by Crippen LogP contribution is -2.60. The number of benzene rings is 3. The Kier molecular flexibility index (Phi) is 6.36. The van der Waals surface area contributed by atoms with Gasteiger partial charge in [0, 0.05) is 41.5 Å². The highest BCUT2D eigenvalue weighted by atomic mass is 16.5. The van der Waals surface area contributed by atoms with Crippen molar-refractivity contribution in [2.45, 2.75) is 24.2 Å². The van der Waals surface area contributed by atoms with Crippen molar-refractivity contribution in [2.75, 3.05) is 26.8 Å². The molecule has 0 spiro atoms. The molecule has 7 rings (SSSR count). The molecule has 1 amide bonds. The molecule has 3 aliphatic carbocycles. The summed E-state index contributed by atoms with van der Waals surface area (Å²) in [6, 6.07) is 22.5. The first-order valence-corrected chi connectivity index (χ1v) is 13.6. The van der Waals surface area contributed by atoms with E-state index in [0.29, 0.717) is 23.5 Å². The van der Waals surface area contributed by atoms with Gasteiger partial charge in [0.15, 0.2) is 6.61 Å². The topological polar surface area (TPSA) is 113 Å². The van der Waals surface area contributed by atoms with Crippen LogP contribution in [0.25, 0.3) is 5.57 Å². The minimum absolute atomic E-state index is 0.0839. The van der Waals surface area contributed by atoms with Crippen LogP contribution >= 0.6 is 0 Å². The van der Waals surface area contributed by atoms with E-state index in [1.165, 1.54) is 7.11 Å². The summed E-state index contributed by atoms with van der Waals surface area (Å²) in [6.45, 7) is 3.99. The standard InChI is InChI=1S/C33H31NO7/c1-20(23-7-4-6-10-27(23)40-2)30(37)34-17-28-32(21-11-13-22(14-12-21)41-18-29(35)36)16-15-26(33(28,19-34)31(38)39)24-8-3-5-9-25(24)32/h3-14,26,28H,1,15-19H2,2H3,(H,35,36)(H,38,39)/t26-,28+,32-,33+/m1/s1. The number of carboxylic acid groups (broad SMARTS) is 2. The molecule has 8 nitrogen and oxygen atoms in total. The molecule has 1 saturated heterocycles. The van der Waals surface area contributed by atoms with Crippen LogP contribution in [0.15, 0.2) is 79.4 Å². The van der Waals surface area contributed by atoms with E-state index >= 15 is 0 Å². The number of aliphatic carboxylic acids is 2. The summed E-state index contributed by atoms with van der Waals surface area (Å²) < 4.78 is 10.8. The van der Waals surface area contributed by atoms with Gasteiger partial charge in [-0.2, -0.15) is 0 Å². The van der Waals surface area contributed by atoms with Crippen molar-refractivity contribution in [1.29, 1.82) is 0 Å². The lowest BCUT2D eigenvalue weighted by molar-refractivity contribution is -0.157. The molecule has 0 unspecified atom stereocenters. The second-order valence-electron chi connectivity index (χ2n) is 11.1. The van der Waals surface area contributed by atoms with Gasteiger partial charge in [0.25, 0.3) is 5.91 Å². The van der Waals surface area contributed by atoms with Crippen molar-refractivity contribution in [2.24, 2.45) is 11.3 Å². The first-order valence-electron chi connectivity index (χ1n) is 13.6. The highest BCUT2D eigenvalue weighted by Crippen LogP contribution is 2.69. The molecule has 41 heavy (non-hydrogen) atoms. The van der Waals surface area contributed by atoms with E-state index in [2.05, 4.69) is 12.6 Å². The molecule has 210 valence electrons. The van der Waals surface area contributed by atoms with E-state index in [1.54, 1.807) is 29.2 Å². The van der Waals surface area contributed by atoms with Crippen molar-refractivity contribution >= 4 is 23.4 Å². The summed E-state index contributed by atoms with van der Waals surface area (Å²) in [6.07, 6.45) is 1.41. The zero-order valence-electron chi connectivity index (χ0n) is 22.7. The molecule has 2 fully saturated rings. The number of carboxylic acids is 2. The number of para-hydroxylation sites is 1. The fourth-order valence-electron chi connectivity index (χ4n) is 7.80. The van der Waals surface area contributed by atoms with Crippen LogP contribution < -0.4 is 9.47 Å². The van der Waals surface area contributed by atoms with E-state index in [4.69, 9.17) is 14.6 Å². The van der Waals surface area contributed by atoms with Crippen LogP contribution in [0, 0.1) is 11.3 Å². The maximum absolute atomic E-state index is 14.0. The van der Waals surface area contributed by atoms with E-state index in [1.807, 2.05) is 42.5 Å². The monoisotopic (exact) mass is 553 g/mol. The first-order chi connectivity index (χ1) is 19.7. The molecule has 4 atom stereocenters. The highest BCUT2D eigenvalue weighted by Gasteiger charge is 2.70. The number of amides is 1. The fourth-order valence-corrected chi connectivity index (χ4v) is 7.80. The van der Waals surface area contributed by atoms with Crippen LogP contribution in [0.2, 0.25) is 0 Å². The zero-order chi connectivity index (χ0) is 28.9. The van der Waals surface area contributed by atoms with Gasteiger partial charge in [-0.05, 0) is 47.7 Å².